The zero-order valence-electron chi connectivity index (χ0n) is 18.3. The van der Waals surface area contributed by atoms with E-state index in [0.717, 1.165) is 53.2 Å². The third-order valence-electron chi connectivity index (χ3n) is 5.20. The number of anilines is 1. The Bertz CT molecular complexity index is 1150. The van der Waals surface area contributed by atoms with Crippen molar-refractivity contribution in [1.29, 1.82) is 0 Å². The van der Waals surface area contributed by atoms with Gasteiger partial charge in [-0.3, -0.25) is 5.84 Å². The van der Waals surface area contributed by atoms with E-state index in [0.29, 0.717) is 10.9 Å². The molecule has 0 amide bonds. The van der Waals surface area contributed by atoms with Crippen molar-refractivity contribution >= 4 is 64.6 Å². The van der Waals surface area contributed by atoms with Crippen molar-refractivity contribution in [3.63, 3.8) is 0 Å². The predicted octanol–water partition coefficient (Wildman–Crippen LogP) is 6.28. The van der Waals surface area contributed by atoms with Gasteiger partial charge in [0.25, 0.3) is 0 Å². The number of fused-ring (bicyclic) bond motifs is 1. The first-order valence-corrected chi connectivity index (χ1v) is 11.2. The Morgan fingerprint density at radius 1 is 0.882 bits per heavy atom. The standard InChI is InChI=1S/C18H18ClN3O.C6H7ClN2.2ClH/c19-13-5-7-14(8-6-13)22-17-4-2-1-3-16(17)18(21-22)23-15-9-11-20-12-10-15;7-5-1-3-6(9-8)4-2-5;;/h1-8,15,20H,9-12H2;1-4,9H,8H2;2*1H. The van der Waals surface area contributed by atoms with Gasteiger partial charge in [-0.2, -0.15) is 0 Å². The van der Waals surface area contributed by atoms with E-state index >= 15 is 0 Å². The lowest BCUT2D eigenvalue weighted by atomic mass is 10.1. The van der Waals surface area contributed by atoms with Crippen LogP contribution in [0.1, 0.15) is 12.8 Å². The van der Waals surface area contributed by atoms with E-state index in [1.807, 2.05) is 53.2 Å². The van der Waals surface area contributed by atoms with Crippen molar-refractivity contribution in [2.75, 3.05) is 18.5 Å². The number of para-hydroxylation sites is 1. The lowest BCUT2D eigenvalue weighted by Crippen LogP contribution is -2.34. The van der Waals surface area contributed by atoms with Gasteiger partial charge in [-0.15, -0.1) is 29.9 Å². The highest BCUT2D eigenvalue weighted by molar-refractivity contribution is 6.30. The fourth-order valence-corrected chi connectivity index (χ4v) is 3.77. The van der Waals surface area contributed by atoms with Crippen LogP contribution in [0.2, 0.25) is 10.0 Å². The normalized spacial score (nSPS) is 13.1. The highest BCUT2D eigenvalue weighted by Gasteiger charge is 2.19. The Kier molecular flexibility index (Phi) is 11.2. The van der Waals surface area contributed by atoms with Crippen molar-refractivity contribution < 1.29 is 4.74 Å². The van der Waals surface area contributed by atoms with E-state index in [4.69, 9.17) is 38.9 Å². The highest BCUT2D eigenvalue weighted by atomic mass is 35.5. The number of hydrogen-bond donors (Lipinski definition) is 3. The Morgan fingerprint density at radius 2 is 1.47 bits per heavy atom. The molecule has 182 valence electrons. The van der Waals surface area contributed by atoms with Gasteiger partial charge in [-0.1, -0.05) is 35.3 Å². The zero-order valence-corrected chi connectivity index (χ0v) is 21.4. The summed E-state index contributed by atoms with van der Waals surface area (Å²) in [6, 6.07) is 23.0. The van der Waals surface area contributed by atoms with E-state index in [2.05, 4.69) is 22.9 Å². The fourth-order valence-electron chi connectivity index (χ4n) is 3.52. The molecule has 0 unspecified atom stereocenters. The molecule has 0 atom stereocenters. The second-order valence-corrected chi connectivity index (χ2v) is 8.30. The third kappa shape index (κ3) is 7.15. The summed E-state index contributed by atoms with van der Waals surface area (Å²) in [7, 11) is 0. The molecule has 34 heavy (non-hydrogen) atoms. The smallest absolute Gasteiger partial charge is 0.241 e. The molecule has 2 heterocycles. The topological polar surface area (TPSA) is 77.1 Å². The number of ether oxygens (including phenoxy) is 1. The first-order chi connectivity index (χ1) is 15.6. The van der Waals surface area contributed by atoms with Crippen LogP contribution in [0.4, 0.5) is 5.69 Å². The number of rotatable bonds is 4. The van der Waals surface area contributed by atoms with Crippen molar-refractivity contribution in [1.82, 2.24) is 15.1 Å². The Hall–Kier alpha value is -2.19. The summed E-state index contributed by atoms with van der Waals surface area (Å²) in [5.74, 6) is 5.82. The van der Waals surface area contributed by atoms with Gasteiger partial charge in [0.1, 0.15) is 6.10 Å². The van der Waals surface area contributed by atoms with Crippen LogP contribution < -0.4 is 21.3 Å². The minimum Gasteiger partial charge on any atom is -0.473 e. The number of halogens is 4. The summed E-state index contributed by atoms with van der Waals surface area (Å²) in [5.41, 5.74) is 5.37. The Morgan fingerprint density at radius 3 is 2.09 bits per heavy atom. The molecule has 1 fully saturated rings. The number of nitrogens with zero attached hydrogens (tertiary/aromatic N) is 2. The number of aromatic nitrogens is 2. The molecule has 0 aliphatic carbocycles. The van der Waals surface area contributed by atoms with Crippen LogP contribution in [0.3, 0.4) is 0 Å². The van der Waals surface area contributed by atoms with Crippen molar-refractivity contribution in [3.8, 4) is 11.6 Å². The van der Waals surface area contributed by atoms with Gasteiger partial charge >= 0.3 is 0 Å². The summed E-state index contributed by atoms with van der Waals surface area (Å²) >= 11 is 11.6. The predicted molar refractivity (Wildman–Crippen MR) is 146 cm³/mol. The van der Waals surface area contributed by atoms with E-state index in [1.165, 1.54) is 0 Å². The summed E-state index contributed by atoms with van der Waals surface area (Å²) in [4.78, 5) is 0. The van der Waals surface area contributed by atoms with Crippen molar-refractivity contribution in [2.45, 2.75) is 18.9 Å². The lowest BCUT2D eigenvalue weighted by molar-refractivity contribution is 0.157. The second-order valence-electron chi connectivity index (χ2n) is 7.43. The molecule has 10 heteroatoms. The van der Waals surface area contributed by atoms with Gasteiger partial charge in [-0.25, -0.2) is 4.68 Å². The minimum atomic E-state index is 0. The number of nitrogen functional groups attached to an aromatic ring is 1. The fraction of sp³-hybridized carbons (Fsp3) is 0.208. The lowest BCUT2D eigenvalue weighted by Gasteiger charge is -2.22. The molecule has 0 saturated carbocycles. The minimum absolute atomic E-state index is 0. The van der Waals surface area contributed by atoms with E-state index < -0.39 is 0 Å². The molecule has 1 aliphatic heterocycles. The Balaban J connectivity index is 0.000000318. The van der Waals surface area contributed by atoms with Gasteiger partial charge in [-0.05, 0) is 86.6 Å². The van der Waals surface area contributed by atoms with E-state index in [1.54, 1.807) is 12.1 Å². The number of nitrogens with two attached hydrogens (primary N) is 1. The first kappa shape index (κ1) is 28.1. The summed E-state index contributed by atoms with van der Waals surface area (Å²) in [6.07, 6.45) is 2.26. The summed E-state index contributed by atoms with van der Waals surface area (Å²) in [6.45, 7) is 2.00. The first-order valence-electron chi connectivity index (χ1n) is 10.5. The van der Waals surface area contributed by atoms with Crippen LogP contribution in [-0.4, -0.2) is 29.0 Å². The quantitative estimate of drug-likeness (QED) is 0.209. The van der Waals surface area contributed by atoms with Crippen molar-refractivity contribution in [3.05, 3.63) is 82.8 Å². The van der Waals surface area contributed by atoms with E-state index in [9.17, 15) is 0 Å². The van der Waals surface area contributed by atoms with Crippen LogP contribution >= 0.6 is 48.0 Å². The van der Waals surface area contributed by atoms with E-state index in [-0.39, 0.29) is 30.9 Å². The molecule has 4 aromatic rings. The molecule has 1 aromatic heterocycles. The maximum Gasteiger partial charge on any atom is 0.241 e. The number of piperidine rings is 1. The van der Waals surface area contributed by atoms with Gasteiger partial charge < -0.3 is 15.5 Å². The van der Waals surface area contributed by atoms with Crippen LogP contribution in [0.25, 0.3) is 16.6 Å². The SMILES string of the molecule is Cl.Cl.Clc1ccc(-n2nc(OC3CCNCC3)c3ccccc32)cc1.NNc1ccc(Cl)cc1. The number of hydrogen-bond acceptors (Lipinski definition) is 5. The molecular weight excluding hydrogens is 516 g/mol. The molecule has 1 aliphatic rings. The molecule has 1 saturated heterocycles. The highest BCUT2D eigenvalue weighted by Crippen LogP contribution is 2.29. The maximum absolute atomic E-state index is 6.20. The molecule has 4 N–H and O–H groups in total. The summed E-state index contributed by atoms with van der Waals surface area (Å²) < 4.78 is 8.12. The largest absolute Gasteiger partial charge is 0.473 e. The number of benzene rings is 3. The van der Waals surface area contributed by atoms with Crippen LogP contribution in [-0.2, 0) is 0 Å². The van der Waals surface area contributed by atoms with Crippen LogP contribution in [0, 0.1) is 0 Å². The molecule has 3 aromatic carbocycles. The summed E-state index contributed by atoms with van der Waals surface area (Å²) in [5, 5.41) is 10.5. The van der Waals surface area contributed by atoms with Gasteiger partial charge in [0.2, 0.25) is 5.88 Å². The monoisotopic (exact) mass is 541 g/mol. The third-order valence-corrected chi connectivity index (χ3v) is 5.70. The average molecular weight is 543 g/mol. The molecular formula is C24H27Cl4N5O. The average Bonchev–Trinajstić information content (AvgIpc) is 3.20. The van der Waals surface area contributed by atoms with Gasteiger partial charge in [0.15, 0.2) is 0 Å². The molecule has 0 bridgehead atoms. The number of nitrogens with one attached hydrogen (secondary N) is 2. The van der Waals surface area contributed by atoms with Gasteiger partial charge in [0, 0.05) is 15.7 Å². The van der Waals surface area contributed by atoms with Crippen LogP contribution in [0.15, 0.2) is 72.8 Å². The molecule has 0 spiro atoms. The Labute approximate surface area is 221 Å². The van der Waals surface area contributed by atoms with Crippen LogP contribution in [0.5, 0.6) is 5.88 Å². The molecule has 0 radical (unpaired) electrons. The second kappa shape index (κ2) is 13.6. The molecule has 6 nitrogen and oxygen atoms in total. The van der Waals surface area contributed by atoms with Crippen molar-refractivity contribution in [2.24, 2.45) is 5.84 Å². The van der Waals surface area contributed by atoms with Gasteiger partial charge in [0.05, 0.1) is 16.6 Å². The number of hydrazine groups is 1. The zero-order chi connectivity index (χ0) is 22.3. The molecule has 5 rings (SSSR count). The maximum atomic E-state index is 6.20.